The van der Waals surface area contributed by atoms with Gasteiger partial charge in [-0.3, -0.25) is 4.79 Å². The minimum atomic E-state index is 0.156. The van der Waals surface area contributed by atoms with Crippen LogP contribution in [0, 0.1) is 0 Å². The minimum absolute atomic E-state index is 0.156. The Balaban J connectivity index is 1.64. The van der Waals surface area contributed by atoms with Crippen molar-refractivity contribution in [1.29, 1.82) is 0 Å². The molecule has 1 atom stereocenters. The van der Waals surface area contributed by atoms with Gasteiger partial charge in [0.15, 0.2) is 11.5 Å². The van der Waals surface area contributed by atoms with E-state index in [1.165, 1.54) is 6.42 Å². The topological polar surface area (TPSA) is 77.7 Å². The smallest absolute Gasteiger partial charge is 0.227 e. The molecule has 0 N–H and O–H groups in total. The van der Waals surface area contributed by atoms with Crippen LogP contribution in [0.15, 0.2) is 22.7 Å². The molecule has 0 aliphatic carbocycles. The van der Waals surface area contributed by atoms with Gasteiger partial charge in [-0.2, -0.15) is 4.98 Å². The number of hydrogen-bond acceptors (Lipinski definition) is 6. The molecule has 3 rings (SSSR count). The van der Waals surface area contributed by atoms with Gasteiger partial charge in [0.2, 0.25) is 17.6 Å². The van der Waals surface area contributed by atoms with Gasteiger partial charge in [-0.25, -0.2) is 0 Å². The Kier molecular flexibility index (Phi) is 5.75. The number of piperidine rings is 1. The summed E-state index contributed by atoms with van der Waals surface area (Å²) in [6.07, 6.45) is 4.19. The van der Waals surface area contributed by atoms with Crippen LogP contribution in [0.3, 0.4) is 0 Å². The monoisotopic (exact) mass is 359 g/mol. The fourth-order valence-electron chi connectivity index (χ4n) is 3.28. The fraction of sp³-hybridized carbons (Fsp3) is 0.526. The van der Waals surface area contributed by atoms with Gasteiger partial charge in [0.25, 0.3) is 0 Å². The number of nitrogens with zero attached hydrogens (tertiary/aromatic N) is 3. The number of methoxy groups -OCH3 is 2. The van der Waals surface area contributed by atoms with E-state index in [1.54, 1.807) is 26.4 Å². The van der Waals surface area contributed by atoms with E-state index in [2.05, 4.69) is 17.1 Å². The van der Waals surface area contributed by atoms with Gasteiger partial charge in [-0.05, 0) is 44.4 Å². The van der Waals surface area contributed by atoms with Crippen molar-refractivity contribution in [1.82, 2.24) is 15.0 Å². The van der Waals surface area contributed by atoms with Gasteiger partial charge in [0.1, 0.15) is 0 Å². The van der Waals surface area contributed by atoms with Crippen LogP contribution in [0.25, 0.3) is 11.4 Å². The molecular weight excluding hydrogens is 334 g/mol. The van der Waals surface area contributed by atoms with Gasteiger partial charge in [0.05, 0.1) is 14.2 Å². The molecule has 1 amide bonds. The van der Waals surface area contributed by atoms with Crippen molar-refractivity contribution in [3.05, 3.63) is 24.1 Å². The Labute approximate surface area is 153 Å². The molecule has 7 heteroatoms. The Morgan fingerprint density at radius 1 is 1.27 bits per heavy atom. The second kappa shape index (κ2) is 8.21. The Bertz CT molecular complexity index is 759. The number of carbonyl (C=O) groups is 1. The second-order valence-corrected chi connectivity index (χ2v) is 6.51. The zero-order chi connectivity index (χ0) is 18.5. The van der Waals surface area contributed by atoms with Crippen LogP contribution in [-0.4, -0.2) is 47.8 Å². The molecule has 0 saturated carbocycles. The zero-order valence-corrected chi connectivity index (χ0v) is 15.5. The lowest BCUT2D eigenvalue weighted by Gasteiger charge is -2.33. The summed E-state index contributed by atoms with van der Waals surface area (Å²) in [4.78, 5) is 18.8. The molecule has 2 aromatic rings. The van der Waals surface area contributed by atoms with Crippen molar-refractivity contribution in [3.8, 4) is 22.9 Å². The molecule has 1 saturated heterocycles. The van der Waals surface area contributed by atoms with E-state index in [4.69, 9.17) is 14.0 Å². The third-order valence-corrected chi connectivity index (χ3v) is 4.79. The quantitative estimate of drug-likeness (QED) is 0.789. The highest BCUT2D eigenvalue weighted by molar-refractivity contribution is 5.76. The molecule has 7 nitrogen and oxygen atoms in total. The lowest BCUT2D eigenvalue weighted by molar-refractivity contribution is -0.134. The first-order valence-electron chi connectivity index (χ1n) is 8.97. The lowest BCUT2D eigenvalue weighted by Crippen LogP contribution is -2.42. The molecule has 1 fully saturated rings. The summed E-state index contributed by atoms with van der Waals surface area (Å²) < 4.78 is 15.8. The average molecular weight is 359 g/mol. The molecule has 0 bridgehead atoms. The number of benzene rings is 1. The molecule has 0 spiro atoms. The number of aromatic nitrogens is 2. The number of aryl methyl sites for hydroxylation is 1. The van der Waals surface area contributed by atoms with Crippen LogP contribution >= 0.6 is 0 Å². The predicted octanol–water partition coefficient (Wildman–Crippen LogP) is 3.09. The second-order valence-electron chi connectivity index (χ2n) is 6.51. The maximum absolute atomic E-state index is 12.4. The highest BCUT2D eigenvalue weighted by Crippen LogP contribution is 2.31. The summed E-state index contributed by atoms with van der Waals surface area (Å²) in [6, 6.07) is 5.76. The van der Waals surface area contributed by atoms with Crippen LogP contribution in [0.1, 0.15) is 38.5 Å². The van der Waals surface area contributed by atoms with Gasteiger partial charge < -0.3 is 18.9 Å². The highest BCUT2D eigenvalue weighted by Gasteiger charge is 2.23. The van der Waals surface area contributed by atoms with Crippen LogP contribution < -0.4 is 9.47 Å². The summed E-state index contributed by atoms with van der Waals surface area (Å²) in [5.41, 5.74) is 0.772. The average Bonchev–Trinajstić information content (AvgIpc) is 3.15. The highest BCUT2D eigenvalue weighted by atomic mass is 16.5. The van der Waals surface area contributed by atoms with Gasteiger partial charge in [-0.15, -0.1) is 0 Å². The SMILES string of the molecule is COc1ccc(-c2noc(CCC(=O)N3CCCCC3C)n2)cc1OC. The predicted molar refractivity (Wildman–Crippen MR) is 96.2 cm³/mol. The Hall–Kier alpha value is -2.57. The lowest BCUT2D eigenvalue weighted by atomic mass is 10.0. The first kappa shape index (κ1) is 18.2. The summed E-state index contributed by atoms with van der Waals surface area (Å²) >= 11 is 0. The summed E-state index contributed by atoms with van der Waals surface area (Å²) in [6.45, 7) is 2.96. The van der Waals surface area contributed by atoms with Crippen LogP contribution in [-0.2, 0) is 11.2 Å². The van der Waals surface area contributed by atoms with E-state index in [9.17, 15) is 4.79 Å². The Morgan fingerprint density at radius 2 is 2.08 bits per heavy atom. The minimum Gasteiger partial charge on any atom is -0.493 e. The third-order valence-electron chi connectivity index (χ3n) is 4.79. The largest absolute Gasteiger partial charge is 0.493 e. The van der Waals surface area contributed by atoms with Crippen molar-refractivity contribution < 1.29 is 18.8 Å². The molecule has 26 heavy (non-hydrogen) atoms. The van der Waals surface area contributed by atoms with Crippen LogP contribution in [0.5, 0.6) is 11.5 Å². The van der Waals surface area contributed by atoms with Gasteiger partial charge >= 0.3 is 0 Å². The van der Waals surface area contributed by atoms with Crippen molar-refractivity contribution in [2.45, 2.75) is 45.1 Å². The van der Waals surface area contributed by atoms with Crippen LogP contribution in [0.4, 0.5) is 0 Å². The molecular formula is C19H25N3O4. The number of ether oxygens (including phenoxy) is 2. The number of carbonyl (C=O) groups excluding carboxylic acids is 1. The summed E-state index contributed by atoms with van der Waals surface area (Å²) in [5, 5.41) is 4.02. The van der Waals surface area contributed by atoms with E-state index < -0.39 is 0 Å². The molecule has 2 heterocycles. The number of amides is 1. The van der Waals surface area contributed by atoms with Crippen molar-refractivity contribution in [3.63, 3.8) is 0 Å². The first-order chi connectivity index (χ1) is 12.6. The molecule has 1 unspecified atom stereocenters. The standard InChI is InChI=1S/C19H25N3O4/c1-13-6-4-5-11-22(13)18(23)10-9-17-20-19(21-26-17)14-7-8-15(24-2)16(12-14)25-3/h7-8,12-13H,4-6,9-11H2,1-3H3. The van der Waals surface area contributed by atoms with Gasteiger partial charge in [-0.1, -0.05) is 5.16 Å². The van der Waals surface area contributed by atoms with E-state index in [0.717, 1.165) is 24.9 Å². The van der Waals surface area contributed by atoms with E-state index in [0.29, 0.717) is 42.1 Å². The van der Waals surface area contributed by atoms with Gasteiger partial charge in [0, 0.05) is 31.0 Å². The van der Waals surface area contributed by atoms with Crippen molar-refractivity contribution in [2.75, 3.05) is 20.8 Å². The first-order valence-corrected chi connectivity index (χ1v) is 8.97. The maximum atomic E-state index is 12.4. The summed E-state index contributed by atoms with van der Waals surface area (Å²) in [5.74, 6) is 2.34. The number of rotatable bonds is 6. The fourth-order valence-corrected chi connectivity index (χ4v) is 3.28. The van der Waals surface area contributed by atoms with E-state index in [-0.39, 0.29) is 5.91 Å². The normalized spacial score (nSPS) is 17.2. The van der Waals surface area contributed by atoms with E-state index in [1.807, 2.05) is 11.0 Å². The third kappa shape index (κ3) is 3.98. The summed E-state index contributed by atoms with van der Waals surface area (Å²) in [7, 11) is 3.17. The van der Waals surface area contributed by atoms with E-state index >= 15 is 0 Å². The van der Waals surface area contributed by atoms with Crippen molar-refractivity contribution in [2.24, 2.45) is 0 Å². The molecule has 0 radical (unpaired) electrons. The molecule has 1 aliphatic rings. The molecule has 140 valence electrons. The molecule has 1 aromatic carbocycles. The Morgan fingerprint density at radius 3 is 2.81 bits per heavy atom. The van der Waals surface area contributed by atoms with Crippen LogP contribution in [0.2, 0.25) is 0 Å². The number of hydrogen-bond donors (Lipinski definition) is 0. The maximum Gasteiger partial charge on any atom is 0.227 e. The number of likely N-dealkylation sites (tertiary alicyclic amines) is 1. The van der Waals surface area contributed by atoms with Crippen molar-refractivity contribution >= 4 is 5.91 Å². The molecule has 1 aromatic heterocycles. The molecule has 1 aliphatic heterocycles. The zero-order valence-electron chi connectivity index (χ0n) is 15.5.